The van der Waals surface area contributed by atoms with E-state index in [4.69, 9.17) is 4.74 Å². The first-order valence-electron chi connectivity index (χ1n) is 8.02. The fourth-order valence-electron chi connectivity index (χ4n) is 2.76. The molecule has 0 heterocycles. The predicted molar refractivity (Wildman–Crippen MR) is 98.7 cm³/mol. The van der Waals surface area contributed by atoms with Crippen molar-refractivity contribution < 1.29 is 9.53 Å². The number of fused-ring (bicyclic) bond motifs is 1. The Morgan fingerprint density at radius 1 is 0.958 bits per heavy atom. The maximum Gasteiger partial charge on any atom is 0.262 e. The van der Waals surface area contributed by atoms with E-state index in [-0.39, 0.29) is 12.5 Å². The van der Waals surface area contributed by atoms with Crippen LogP contribution in [0.3, 0.4) is 0 Å². The summed E-state index contributed by atoms with van der Waals surface area (Å²) < 4.78 is 5.71. The van der Waals surface area contributed by atoms with Gasteiger partial charge in [-0.15, -0.1) is 0 Å². The zero-order valence-corrected chi connectivity index (χ0v) is 14.2. The zero-order valence-electron chi connectivity index (χ0n) is 14.2. The number of benzene rings is 3. The minimum atomic E-state index is -0.163. The number of hydrogen-bond donors (Lipinski definition) is 1. The molecule has 3 nitrogen and oxygen atoms in total. The Morgan fingerprint density at radius 3 is 2.50 bits per heavy atom. The van der Waals surface area contributed by atoms with Crippen molar-refractivity contribution in [1.29, 1.82) is 0 Å². The van der Waals surface area contributed by atoms with Crippen LogP contribution in [0.4, 0.5) is 5.69 Å². The van der Waals surface area contributed by atoms with E-state index in [9.17, 15) is 4.79 Å². The van der Waals surface area contributed by atoms with E-state index < -0.39 is 0 Å². The van der Waals surface area contributed by atoms with Crippen molar-refractivity contribution in [2.75, 3.05) is 11.9 Å². The van der Waals surface area contributed by atoms with Crippen molar-refractivity contribution >= 4 is 22.4 Å². The molecule has 3 aromatic rings. The summed E-state index contributed by atoms with van der Waals surface area (Å²) >= 11 is 0. The number of ether oxygens (including phenoxy) is 1. The van der Waals surface area contributed by atoms with Crippen LogP contribution in [0.2, 0.25) is 0 Å². The molecule has 0 bridgehead atoms. The summed E-state index contributed by atoms with van der Waals surface area (Å²) in [4.78, 5) is 12.2. The molecule has 0 aliphatic rings. The number of rotatable bonds is 4. The first-order chi connectivity index (χ1) is 11.5. The van der Waals surface area contributed by atoms with Crippen LogP contribution in [-0.4, -0.2) is 12.5 Å². The molecule has 0 unspecified atom stereocenters. The van der Waals surface area contributed by atoms with Crippen LogP contribution in [-0.2, 0) is 4.79 Å². The lowest BCUT2D eigenvalue weighted by Gasteiger charge is -2.12. The lowest BCUT2D eigenvalue weighted by Crippen LogP contribution is -2.20. The smallest absolute Gasteiger partial charge is 0.262 e. The van der Waals surface area contributed by atoms with Crippen molar-refractivity contribution in [2.45, 2.75) is 20.8 Å². The van der Waals surface area contributed by atoms with Gasteiger partial charge in [-0.05, 0) is 66.4 Å². The molecule has 0 fully saturated rings. The summed E-state index contributed by atoms with van der Waals surface area (Å²) in [5, 5.41) is 5.14. The van der Waals surface area contributed by atoms with E-state index in [0.717, 1.165) is 33.3 Å². The van der Waals surface area contributed by atoms with Crippen LogP contribution in [0.25, 0.3) is 10.8 Å². The molecule has 3 heteroatoms. The van der Waals surface area contributed by atoms with Gasteiger partial charge in [-0.3, -0.25) is 4.79 Å². The van der Waals surface area contributed by atoms with Gasteiger partial charge in [-0.25, -0.2) is 0 Å². The molecule has 122 valence electrons. The fraction of sp³-hybridized carbons (Fsp3) is 0.190. The van der Waals surface area contributed by atoms with E-state index in [2.05, 4.69) is 11.4 Å². The summed E-state index contributed by atoms with van der Waals surface area (Å²) in [6, 6.07) is 18.0. The monoisotopic (exact) mass is 319 g/mol. The van der Waals surface area contributed by atoms with Crippen molar-refractivity contribution in [3.8, 4) is 5.75 Å². The zero-order chi connectivity index (χ0) is 17.1. The number of anilines is 1. The first-order valence-corrected chi connectivity index (χ1v) is 8.02. The first kappa shape index (κ1) is 16.1. The minimum absolute atomic E-state index is 0.00341. The summed E-state index contributed by atoms with van der Waals surface area (Å²) in [6.07, 6.45) is 0. The molecule has 0 atom stereocenters. The van der Waals surface area contributed by atoms with Crippen LogP contribution in [0.5, 0.6) is 5.75 Å². The van der Waals surface area contributed by atoms with Crippen LogP contribution in [0.1, 0.15) is 16.7 Å². The van der Waals surface area contributed by atoms with E-state index in [1.165, 1.54) is 5.56 Å². The summed E-state index contributed by atoms with van der Waals surface area (Å²) in [7, 11) is 0. The Kier molecular flexibility index (Phi) is 4.52. The van der Waals surface area contributed by atoms with Gasteiger partial charge in [0, 0.05) is 5.69 Å². The normalized spacial score (nSPS) is 10.6. The van der Waals surface area contributed by atoms with Crippen LogP contribution in [0, 0.1) is 20.8 Å². The maximum atomic E-state index is 12.2. The lowest BCUT2D eigenvalue weighted by molar-refractivity contribution is -0.118. The second-order valence-corrected chi connectivity index (χ2v) is 6.10. The topological polar surface area (TPSA) is 38.3 Å². The third-order valence-electron chi connectivity index (χ3n) is 4.16. The number of carbonyl (C=O) groups is 1. The Labute approximate surface area is 142 Å². The molecule has 0 radical (unpaired) electrons. The highest BCUT2D eigenvalue weighted by molar-refractivity contribution is 5.95. The molecule has 1 N–H and O–H groups in total. The number of amides is 1. The second kappa shape index (κ2) is 6.75. The molecule has 3 aromatic carbocycles. The fourth-order valence-corrected chi connectivity index (χ4v) is 2.76. The summed E-state index contributed by atoms with van der Waals surface area (Å²) in [5.74, 6) is 0.602. The minimum Gasteiger partial charge on any atom is -0.483 e. The van der Waals surface area contributed by atoms with E-state index in [1.54, 1.807) is 0 Å². The molecule has 0 aliphatic carbocycles. The van der Waals surface area contributed by atoms with E-state index in [0.29, 0.717) is 0 Å². The molecule has 0 saturated heterocycles. The Hall–Kier alpha value is -2.81. The third kappa shape index (κ3) is 3.57. The SMILES string of the molecule is Cc1cc(C)c(C)c(OCC(=O)Nc2ccc3ccccc3c2)c1. The van der Waals surface area contributed by atoms with Gasteiger partial charge >= 0.3 is 0 Å². The van der Waals surface area contributed by atoms with Gasteiger partial charge in [-0.2, -0.15) is 0 Å². The van der Waals surface area contributed by atoms with Crippen molar-refractivity contribution in [3.63, 3.8) is 0 Å². The van der Waals surface area contributed by atoms with Crippen molar-refractivity contribution in [1.82, 2.24) is 0 Å². The molecule has 3 rings (SSSR count). The number of hydrogen-bond acceptors (Lipinski definition) is 2. The van der Waals surface area contributed by atoms with Gasteiger partial charge in [0.25, 0.3) is 5.91 Å². The van der Waals surface area contributed by atoms with E-state index in [1.807, 2.05) is 69.3 Å². The number of carbonyl (C=O) groups excluding carboxylic acids is 1. The Bertz CT molecular complexity index is 899. The molecule has 0 spiro atoms. The molecule has 0 saturated carbocycles. The average molecular weight is 319 g/mol. The van der Waals surface area contributed by atoms with Crippen molar-refractivity contribution in [3.05, 3.63) is 71.3 Å². The van der Waals surface area contributed by atoms with Gasteiger partial charge in [0.15, 0.2) is 6.61 Å². The highest BCUT2D eigenvalue weighted by Gasteiger charge is 2.08. The van der Waals surface area contributed by atoms with Gasteiger partial charge in [0.05, 0.1) is 0 Å². The molecule has 0 aliphatic heterocycles. The molecule has 24 heavy (non-hydrogen) atoms. The highest BCUT2D eigenvalue weighted by Crippen LogP contribution is 2.23. The van der Waals surface area contributed by atoms with Crippen LogP contribution in [0.15, 0.2) is 54.6 Å². The Balaban J connectivity index is 1.67. The average Bonchev–Trinajstić information content (AvgIpc) is 2.56. The number of nitrogens with one attached hydrogen (secondary N) is 1. The molecule has 1 amide bonds. The largest absolute Gasteiger partial charge is 0.483 e. The van der Waals surface area contributed by atoms with Crippen LogP contribution < -0.4 is 10.1 Å². The second-order valence-electron chi connectivity index (χ2n) is 6.10. The van der Waals surface area contributed by atoms with Crippen LogP contribution >= 0.6 is 0 Å². The Morgan fingerprint density at radius 2 is 1.71 bits per heavy atom. The highest BCUT2D eigenvalue weighted by atomic mass is 16.5. The summed E-state index contributed by atoms with van der Waals surface area (Å²) in [6.45, 7) is 6.07. The number of aryl methyl sites for hydroxylation is 2. The van der Waals surface area contributed by atoms with Gasteiger partial charge < -0.3 is 10.1 Å². The standard InChI is InChI=1S/C21H21NO2/c1-14-10-15(2)16(3)20(11-14)24-13-21(23)22-19-9-8-17-6-4-5-7-18(17)12-19/h4-12H,13H2,1-3H3,(H,22,23). The predicted octanol–water partition coefficient (Wildman–Crippen LogP) is 4.78. The van der Waals surface area contributed by atoms with Gasteiger partial charge in [0.1, 0.15) is 5.75 Å². The third-order valence-corrected chi connectivity index (χ3v) is 4.16. The van der Waals surface area contributed by atoms with E-state index >= 15 is 0 Å². The lowest BCUT2D eigenvalue weighted by atomic mass is 10.1. The maximum absolute atomic E-state index is 12.2. The van der Waals surface area contributed by atoms with Gasteiger partial charge in [0.2, 0.25) is 0 Å². The van der Waals surface area contributed by atoms with Gasteiger partial charge in [-0.1, -0.05) is 36.4 Å². The quantitative estimate of drug-likeness (QED) is 0.751. The molecular formula is C21H21NO2. The molecule has 0 aromatic heterocycles. The summed E-state index contributed by atoms with van der Waals surface area (Å²) in [5.41, 5.74) is 4.14. The molecular weight excluding hydrogens is 298 g/mol. The van der Waals surface area contributed by atoms with Crippen molar-refractivity contribution in [2.24, 2.45) is 0 Å².